The van der Waals surface area contributed by atoms with E-state index in [0.29, 0.717) is 0 Å². The molecule has 0 amide bonds. The number of carbonyl (C=O) groups is 6. The van der Waals surface area contributed by atoms with Gasteiger partial charge >= 0.3 is 29.8 Å². The van der Waals surface area contributed by atoms with Crippen molar-refractivity contribution in [1.29, 1.82) is 0 Å². The van der Waals surface area contributed by atoms with Crippen LogP contribution >= 0.6 is 0 Å². The summed E-state index contributed by atoms with van der Waals surface area (Å²) in [4.78, 5) is 79.2. The third-order valence-electron chi connectivity index (χ3n) is 9.26. The quantitative estimate of drug-likeness (QED) is 0.214. The molecule has 1 aromatic rings. The van der Waals surface area contributed by atoms with E-state index in [1.54, 1.807) is 45.0 Å². The molecule has 286 valence electrons. The van der Waals surface area contributed by atoms with Crippen LogP contribution in [0.3, 0.4) is 0 Å². The minimum Gasteiger partial charge on any atom is -0.458 e. The molecule has 9 atom stereocenters. The summed E-state index contributed by atoms with van der Waals surface area (Å²) in [6.07, 6.45) is -5.01. The number of Topliss-reactive ketones (excluding diaryl/α,β-unsaturated/α-hetero) is 1. The van der Waals surface area contributed by atoms with Crippen LogP contribution in [-0.2, 0) is 52.4 Å². The van der Waals surface area contributed by atoms with Gasteiger partial charge in [0.1, 0.15) is 17.3 Å². The van der Waals surface area contributed by atoms with Gasteiger partial charge in [-0.1, -0.05) is 71.5 Å². The Balaban J connectivity index is 2.50. The third kappa shape index (κ3) is 9.54. The van der Waals surface area contributed by atoms with Crippen molar-refractivity contribution >= 4 is 35.6 Å². The van der Waals surface area contributed by atoms with Crippen LogP contribution in [0.15, 0.2) is 54.6 Å². The van der Waals surface area contributed by atoms with Gasteiger partial charge in [-0.05, 0) is 30.5 Å². The van der Waals surface area contributed by atoms with Crippen molar-refractivity contribution in [3.63, 3.8) is 0 Å². The predicted molar refractivity (Wildman–Crippen MR) is 186 cm³/mol. The lowest BCUT2D eigenvalue weighted by molar-refractivity contribution is -0.188. The van der Waals surface area contributed by atoms with E-state index in [2.05, 4.69) is 6.58 Å². The van der Waals surface area contributed by atoms with Gasteiger partial charge in [-0.25, -0.2) is 4.79 Å². The van der Waals surface area contributed by atoms with Crippen molar-refractivity contribution in [2.24, 2.45) is 23.2 Å². The van der Waals surface area contributed by atoms with Gasteiger partial charge in [0, 0.05) is 52.1 Å². The van der Waals surface area contributed by atoms with Crippen molar-refractivity contribution in [1.82, 2.24) is 0 Å². The molecule has 1 N–H and O–H groups in total. The molecule has 13 heteroatoms. The summed E-state index contributed by atoms with van der Waals surface area (Å²) in [5.41, 5.74) is -5.38. The topological polar surface area (TPSA) is 178 Å². The Kier molecular flexibility index (Phi) is 13.4. The zero-order chi connectivity index (χ0) is 39.3. The minimum atomic E-state index is -2.40. The van der Waals surface area contributed by atoms with E-state index in [9.17, 15) is 33.9 Å². The van der Waals surface area contributed by atoms with Crippen LogP contribution in [0.1, 0.15) is 86.0 Å². The Morgan fingerprint density at radius 1 is 0.846 bits per heavy atom. The maximum atomic E-state index is 14.6. The van der Waals surface area contributed by atoms with E-state index in [4.69, 9.17) is 28.4 Å². The summed E-state index contributed by atoms with van der Waals surface area (Å²) in [7, 11) is 0. The highest BCUT2D eigenvalue weighted by atomic mass is 16.6. The molecular formula is C39H52O13. The van der Waals surface area contributed by atoms with Gasteiger partial charge in [-0.15, -0.1) is 0 Å². The first kappa shape index (κ1) is 42.1. The van der Waals surface area contributed by atoms with E-state index >= 15 is 0 Å². The molecule has 13 nitrogen and oxygen atoms in total. The Bertz CT molecular complexity index is 1560. The average Bonchev–Trinajstić information content (AvgIpc) is 3.24. The molecular weight excluding hydrogens is 676 g/mol. The van der Waals surface area contributed by atoms with Crippen LogP contribution in [0.2, 0.25) is 0 Å². The molecule has 2 aliphatic carbocycles. The Labute approximate surface area is 305 Å². The van der Waals surface area contributed by atoms with Gasteiger partial charge in [0.05, 0.1) is 17.6 Å². The number of ketones is 1. The lowest BCUT2D eigenvalue weighted by Gasteiger charge is -2.44. The first-order chi connectivity index (χ1) is 24.0. The zero-order valence-electron chi connectivity index (χ0n) is 31.6. The Morgan fingerprint density at radius 2 is 1.40 bits per heavy atom. The van der Waals surface area contributed by atoms with Crippen molar-refractivity contribution in [3.8, 4) is 0 Å². The molecule has 1 saturated carbocycles. The fourth-order valence-corrected chi connectivity index (χ4v) is 7.12. The second-order valence-corrected chi connectivity index (χ2v) is 14.9. The predicted octanol–water partition coefficient (Wildman–Crippen LogP) is 4.48. The summed E-state index contributed by atoms with van der Waals surface area (Å²) >= 11 is 0. The lowest BCUT2D eigenvalue weighted by Crippen LogP contribution is -2.58. The smallest absolute Gasteiger partial charge is 0.338 e. The van der Waals surface area contributed by atoms with Crippen LogP contribution in [0.5, 0.6) is 0 Å². The van der Waals surface area contributed by atoms with Crippen LogP contribution in [0.4, 0.5) is 0 Å². The SMILES string of the molecule is C=C1C(OCC(C)C)C2[C@@H](OC(C)=O)[C@](C)(OC(C)=O)C[C@]2(O)C(=O)[C@@H](C)/C=C\C(C)(C)C(OC(C)=O)[C@H](OC(C)=O)[C@H]1OC(=O)c1ccccc1. The number of ether oxygens (including phenoxy) is 6. The number of rotatable bonds is 9. The maximum absolute atomic E-state index is 14.6. The fraction of sp³-hybridized carbons (Fsp3) is 0.590. The molecule has 0 saturated heterocycles. The number of hydrogen-bond donors (Lipinski definition) is 1. The van der Waals surface area contributed by atoms with E-state index in [0.717, 1.165) is 20.8 Å². The van der Waals surface area contributed by atoms with Gasteiger partial charge in [0.15, 0.2) is 24.1 Å². The minimum absolute atomic E-state index is 0.00651. The molecule has 0 radical (unpaired) electrons. The van der Waals surface area contributed by atoms with Crippen LogP contribution in [0.25, 0.3) is 0 Å². The Hall–Kier alpha value is -4.36. The highest BCUT2D eigenvalue weighted by Crippen LogP contribution is 2.52. The zero-order valence-corrected chi connectivity index (χ0v) is 31.6. The summed E-state index contributed by atoms with van der Waals surface area (Å²) in [5, 5.41) is 12.7. The maximum Gasteiger partial charge on any atom is 0.338 e. The number of fused-ring (bicyclic) bond motifs is 1. The third-order valence-corrected chi connectivity index (χ3v) is 9.26. The molecule has 0 spiro atoms. The van der Waals surface area contributed by atoms with Crippen molar-refractivity contribution in [3.05, 3.63) is 60.2 Å². The molecule has 1 aromatic carbocycles. The molecule has 52 heavy (non-hydrogen) atoms. The fourth-order valence-electron chi connectivity index (χ4n) is 7.12. The van der Waals surface area contributed by atoms with Gasteiger partial charge in [-0.3, -0.25) is 24.0 Å². The highest BCUT2D eigenvalue weighted by Gasteiger charge is 2.69. The molecule has 2 aliphatic rings. The number of benzene rings is 1. The van der Waals surface area contributed by atoms with Gasteiger partial charge in [0.25, 0.3) is 0 Å². The second kappa shape index (κ2) is 16.5. The van der Waals surface area contributed by atoms with Gasteiger partial charge < -0.3 is 33.5 Å². The van der Waals surface area contributed by atoms with E-state index in [1.807, 2.05) is 13.8 Å². The van der Waals surface area contributed by atoms with Gasteiger partial charge in [-0.2, -0.15) is 0 Å². The second-order valence-electron chi connectivity index (χ2n) is 14.9. The Morgan fingerprint density at radius 3 is 1.92 bits per heavy atom. The highest BCUT2D eigenvalue weighted by molar-refractivity contribution is 5.92. The monoisotopic (exact) mass is 728 g/mol. The van der Waals surface area contributed by atoms with Crippen molar-refractivity contribution in [2.75, 3.05) is 6.61 Å². The number of hydrogen-bond acceptors (Lipinski definition) is 13. The van der Waals surface area contributed by atoms with Crippen LogP contribution < -0.4 is 0 Å². The van der Waals surface area contributed by atoms with Gasteiger partial charge in [0.2, 0.25) is 0 Å². The normalized spacial score (nSPS) is 32.3. The van der Waals surface area contributed by atoms with E-state index in [-0.39, 0.29) is 23.7 Å². The largest absolute Gasteiger partial charge is 0.458 e. The first-order valence-electron chi connectivity index (χ1n) is 17.3. The molecule has 0 aromatic heterocycles. The number of aliphatic hydroxyl groups is 1. The molecule has 0 heterocycles. The van der Waals surface area contributed by atoms with Crippen LogP contribution in [-0.4, -0.2) is 89.1 Å². The van der Waals surface area contributed by atoms with Crippen molar-refractivity contribution < 1.29 is 62.3 Å². The summed E-state index contributed by atoms with van der Waals surface area (Å²) < 4.78 is 35.9. The molecule has 0 bridgehead atoms. The van der Waals surface area contributed by atoms with Crippen LogP contribution in [0, 0.1) is 23.2 Å². The lowest BCUT2D eigenvalue weighted by atomic mass is 9.72. The summed E-state index contributed by atoms with van der Waals surface area (Å²) in [6, 6.07) is 7.93. The van der Waals surface area contributed by atoms with E-state index < -0.39 is 101 Å². The summed E-state index contributed by atoms with van der Waals surface area (Å²) in [6.45, 7) is 18.9. The molecule has 3 unspecified atom stereocenters. The standard InChI is InChI=1S/C39H52O13/c1-21(2)19-47-30-23(4)31(51-36(45)28-15-13-12-14-16-28)32(48-24(5)40)35(50-26(7)42)37(9,10)18-17-22(3)33(44)39(46)20-38(11,52-27(8)43)34(29(30)39)49-25(6)41/h12-18,21-22,29-32,34-35,46H,4,19-20H2,1-3,5-11H3/b18-17-/t22-,29?,30?,31-,32+,34+,35?,38+,39+/m0/s1. The molecule has 1 fully saturated rings. The van der Waals surface area contributed by atoms with Crippen molar-refractivity contribution in [2.45, 2.75) is 117 Å². The number of allylic oxidation sites excluding steroid dienone is 1. The molecule has 0 aliphatic heterocycles. The molecule has 3 rings (SSSR count). The number of carbonyl (C=O) groups excluding carboxylic acids is 6. The average molecular weight is 729 g/mol. The first-order valence-corrected chi connectivity index (χ1v) is 17.3. The van der Waals surface area contributed by atoms with E-state index in [1.165, 1.54) is 32.1 Å². The number of esters is 5. The summed E-state index contributed by atoms with van der Waals surface area (Å²) in [5.74, 6) is -7.42.